The average Bonchev–Trinajstić information content (AvgIpc) is 2.72. The maximum atomic E-state index is 11.2. The molecule has 21 heavy (non-hydrogen) atoms. The first-order valence-corrected chi connectivity index (χ1v) is 7.92. The molecule has 1 saturated carbocycles. The number of ether oxygens (including phenoxy) is 1. The Hall–Kier alpha value is -1.71. The van der Waals surface area contributed by atoms with Crippen LogP contribution in [-0.4, -0.2) is 19.2 Å². The van der Waals surface area contributed by atoms with Crippen LogP contribution in [0.15, 0.2) is 24.3 Å². The fraction of sp³-hybridized carbons (Fsp3) is 0.588. The largest absolute Gasteiger partial charge is 0.453 e. The van der Waals surface area contributed by atoms with Gasteiger partial charge in [-0.1, -0.05) is 32.3 Å². The Labute approximate surface area is 127 Å². The van der Waals surface area contributed by atoms with E-state index >= 15 is 0 Å². The van der Waals surface area contributed by atoms with Gasteiger partial charge >= 0.3 is 6.09 Å². The molecule has 2 atom stereocenters. The first-order valence-electron chi connectivity index (χ1n) is 7.92. The summed E-state index contributed by atoms with van der Waals surface area (Å²) in [6.45, 7) is 2.29. The molecule has 4 nitrogen and oxygen atoms in total. The third-order valence-electron chi connectivity index (χ3n) is 4.33. The van der Waals surface area contributed by atoms with E-state index in [1.165, 1.54) is 45.6 Å². The number of hydrogen-bond acceptors (Lipinski definition) is 3. The summed E-state index contributed by atoms with van der Waals surface area (Å²) in [5.41, 5.74) is 1.82. The SMILES string of the molecule is CCC1CCCC(Nc2cccc(NC(=O)OC)c2)CC1. The Morgan fingerprint density at radius 2 is 2.05 bits per heavy atom. The number of rotatable bonds is 4. The Balaban J connectivity index is 1.93. The molecule has 4 heteroatoms. The Kier molecular flexibility index (Phi) is 5.90. The third-order valence-corrected chi connectivity index (χ3v) is 4.33. The molecule has 2 unspecified atom stereocenters. The van der Waals surface area contributed by atoms with Crippen LogP contribution in [0.3, 0.4) is 0 Å². The molecule has 116 valence electrons. The lowest BCUT2D eigenvalue weighted by Crippen LogP contribution is -2.18. The van der Waals surface area contributed by atoms with Crippen molar-refractivity contribution < 1.29 is 9.53 Å². The van der Waals surface area contributed by atoms with Crippen LogP contribution in [0.25, 0.3) is 0 Å². The highest BCUT2D eigenvalue weighted by Gasteiger charge is 2.17. The van der Waals surface area contributed by atoms with Crippen molar-refractivity contribution in [1.29, 1.82) is 0 Å². The van der Waals surface area contributed by atoms with Crippen LogP contribution in [-0.2, 0) is 4.74 Å². The van der Waals surface area contributed by atoms with Crippen LogP contribution in [0.5, 0.6) is 0 Å². The first-order chi connectivity index (χ1) is 10.2. The quantitative estimate of drug-likeness (QED) is 0.794. The van der Waals surface area contributed by atoms with Crippen LogP contribution in [0.4, 0.5) is 16.2 Å². The van der Waals surface area contributed by atoms with E-state index < -0.39 is 6.09 Å². The second-order valence-electron chi connectivity index (χ2n) is 5.82. The Morgan fingerprint density at radius 3 is 2.81 bits per heavy atom. The zero-order chi connectivity index (χ0) is 15.1. The molecule has 1 aromatic rings. The number of benzene rings is 1. The summed E-state index contributed by atoms with van der Waals surface area (Å²) in [6, 6.07) is 8.35. The molecular formula is C17H26N2O2. The summed E-state index contributed by atoms with van der Waals surface area (Å²) >= 11 is 0. The molecule has 1 amide bonds. The normalized spacial score (nSPS) is 22.2. The van der Waals surface area contributed by atoms with Gasteiger partial charge in [-0.05, 0) is 43.4 Å². The summed E-state index contributed by atoms with van der Waals surface area (Å²) in [7, 11) is 1.37. The van der Waals surface area contributed by atoms with Crippen molar-refractivity contribution in [1.82, 2.24) is 0 Å². The maximum absolute atomic E-state index is 11.2. The van der Waals surface area contributed by atoms with Crippen molar-refractivity contribution in [2.45, 2.75) is 51.5 Å². The second kappa shape index (κ2) is 7.91. The van der Waals surface area contributed by atoms with Crippen molar-refractivity contribution >= 4 is 17.5 Å². The lowest BCUT2D eigenvalue weighted by Gasteiger charge is -2.18. The molecule has 1 aromatic carbocycles. The number of anilines is 2. The molecule has 0 heterocycles. The molecule has 2 rings (SSSR count). The zero-order valence-electron chi connectivity index (χ0n) is 13.0. The van der Waals surface area contributed by atoms with Crippen molar-refractivity contribution in [2.24, 2.45) is 5.92 Å². The van der Waals surface area contributed by atoms with Gasteiger partial charge in [-0.15, -0.1) is 0 Å². The van der Waals surface area contributed by atoms with Gasteiger partial charge in [0.1, 0.15) is 0 Å². The van der Waals surface area contributed by atoms with Gasteiger partial charge in [-0.25, -0.2) is 4.79 Å². The second-order valence-corrected chi connectivity index (χ2v) is 5.82. The predicted octanol–water partition coefficient (Wildman–Crippen LogP) is 4.64. The fourth-order valence-electron chi connectivity index (χ4n) is 3.02. The number of hydrogen-bond donors (Lipinski definition) is 2. The number of carbonyl (C=O) groups excluding carboxylic acids is 1. The van der Waals surface area contributed by atoms with E-state index in [-0.39, 0.29) is 0 Å². The van der Waals surface area contributed by atoms with Gasteiger partial charge in [0.05, 0.1) is 7.11 Å². The summed E-state index contributed by atoms with van der Waals surface area (Å²) in [5, 5.41) is 6.30. The van der Waals surface area contributed by atoms with Gasteiger partial charge < -0.3 is 10.1 Å². The van der Waals surface area contributed by atoms with Gasteiger partial charge in [0.25, 0.3) is 0 Å². The predicted molar refractivity (Wildman–Crippen MR) is 86.7 cm³/mol. The van der Waals surface area contributed by atoms with Gasteiger partial charge in [0.15, 0.2) is 0 Å². The topological polar surface area (TPSA) is 50.4 Å². The third kappa shape index (κ3) is 4.96. The van der Waals surface area contributed by atoms with Crippen LogP contribution in [0, 0.1) is 5.92 Å². The molecule has 0 radical (unpaired) electrons. The zero-order valence-corrected chi connectivity index (χ0v) is 13.0. The van der Waals surface area contributed by atoms with Crippen LogP contribution >= 0.6 is 0 Å². The first kappa shape index (κ1) is 15.7. The Morgan fingerprint density at radius 1 is 1.24 bits per heavy atom. The smallest absolute Gasteiger partial charge is 0.411 e. The van der Waals surface area contributed by atoms with E-state index in [4.69, 9.17) is 0 Å². The van der Waals surface area contributed by atoms with Crippen molar-refractivity contribution in [2.75, 3.05) is 17.7 Å². The Bertz CT molecular complexity index is 462. The van der Waals surface area contributed by atoms with E-state index in [9.17, 15) is 4.79 Å². The lowest BCUT2D eigenvalue weighted by molar-refractivity contribution is 0.187. The summed E-state index contributed by atoms with van der Waals surface area (Å²) in [5.74, 6) is 0.893. The van der Waals surface area contributed by atoms with Crippen LogP contribution in [0.2, 0.25) is 0 Å². The highest BCUT2D eigenvalue weighted by atomic mass is 16.5. The minimum Gasteiger partial charge on any atom is -0.453 e. The van der Waals surface area contributed by atoms with Crippen LogP contribution < -0.4 is 10.6 Å². The van der Waals surface area contributed by atoms with Crippen molar-refractivity contribution in [3.63, 3.8) is 0 Å². The lowest BCUT2D eigenvalue weighted by atomic mass is 9.98. The summed E-state index contributed by atoms with van der Waals surface area (Å²) < 4.78 is 4.61. The van der Waals surface area contributed by atoms with E-state index in [2.05, 4.69) is 22.3 Å². The van der Waals surface area contributed by atoms with Gasteiger partial charge in [-0.2, -0.15) is 0 Å². The molecule has 1 aliphatic carbocycles. The molecule has 2 N–H and O–H groups in total. The highest BCUT2D eigenvalue weighted by Crippen LogP contribution is 2.27. The van der Waals surface area contributed by atoms with Gasteiger partial charge in [0, 0.05) is 17.4 Å². The molecule has 0 bridgehead atoms. The van der Waals surface area contributed by atoms with E-state index in [0.717, 1.165) is 17.3 Å². The van der Waals surface area contributed by atoms with E-state index in [1.54, 1.807) is 0 Å². The number of nitrogens with one attached hydrogen (secondary N) is 2. The summed E-state index contributed by atoms with van der Waals surface area (Å²) in [6.07, 6.45) is 7.29. The minimum atomic E-state index is -0.438. The van der Waals surface area contributed by atoms with Gasteiger partial charge in [-0.3, -0.25) is 5.32 Å². The number of amides is 1. The van der Waals surface area contributed by atoms with E-state index in [0.29, 0.717) is 6.04 Å². The molecule has 0 spiro atoms. The molecular weight excluding hydrogens is 264 g/mol. The summed E-state index contributed by atoms with van der Waals surface area (Å²) in [4.78, 5) is 11.2. The van der Waals surface area contributed by atoms with Crippen molar-refractivity contribution in [3.8, 4) is 0 Å². The van der Waals surface area contributed by atoms with E-state index in [1.807, 2.05) is 24.3 Å². The number of methoxy groups -OCH3 is 1. The van der Waals surface area contributed by atoms with Crippen LogP contribution in [0.1, 0.15) is 45.4 Å². The molecule has 1 aliphatic rings. The van der Waals surface area contributed by atoms with Gasteiger partial charge in [0.2, 0.25) is 0 Å². The van der Waals surface area contributed by atoms with Crippen molar-refractivity contribution in [3.05, 3.63) is 24.3 Å². The molecule has 0 aromatic heterocycles. The molecule has 1 fully saturated rings. The minimum absolute atomic E-state index is 0.438. The molecule has 0 saturated heterocycles. The fourth-order valence-corrected chi connectivity index (χ4v) is 3.02. The maximum Gasteiger partial charge on any atom is 0.411 e. The monoisotopic (exact) mass is 290 g/mol. The average molecular weight is 290 g/mol. The number of carbonyl (C=O) groups is 1. The standard InChI is InChI=1S/C17H26N2O2/c1-3-13-6-4-7-14(11-10-13)18-15-8-5-9-16(12-15)19-17(20)21-2/h5,8-9,12-14,18H,3-4,6-7,10-11H2,1-2H3,(H,19,20). The highest BCUT2D eigenvalue weighted by molar-refractivity contribution is 5.85. The molecule has 0 aliphatic heterocycles.